The maximum Gasteiger partial charge on any atom is 0.490 e. The van der Waals surface area contributed by atoms with E-state index in [4.69, 9.17) is 0 Å². The minimum absolute atomic E-state index is 0.472. The summed E-state index contributed by atoms with van der Waals surface area (Å²) < 4.78 is 39.9. The van der Waals surface area contributed by atoms with Crippen LogP contribution in [0.15, 0.2) is 11.6 Å². The molecular weight excluding hydrogens is 197 g/mol. The molecule has 80 valence electrons. The van der Waals surface area contributed by atoms with Gasteiger partial charge in [0.15, 0.2) is 0 Å². The number of hydrogen-bond donors (Lipinski definition) is 0. The lowest BCUT2D eigenvalue weighted by atomic mass is 10.2. The van der Waals surface area contributed by atoms with E-state index < -0.39 is 17.7 Å². The van der Waals surface area contributed by atoms with Crippen molar-refractivity contribution in [3.63, 3.8) is 0 Å². The number of esters is 1. The lowest BCUT2D eigenvalue weighted by Crippen LogP contribution is -2.30. The highest BCUT2D eigenvalue weighted by Gasteiger charge is 2.51. The van der Waals surface area contributed by atoms with Gasteiger partial charge in [0.05, 0.1) is 0 Å². The molecule has 0 amide bonds. The third-order valence-electron chi connectivity index (χ3n) is 1.82. The van der Waals surface area contributed by atoms with Crippen molar-refractivity contribution >= 4 is 5.97 Å². The van der Waals surface area contributed by atoms with Crippen molar-refractivity contribution in [2.24, 2.45) is 0 Å². The Balaban J connectivity index is 2.62. The Morgan fingerprint density at radius 3 is 2.14 bits per heavy atom. The van der Waals surface area contributed by atoms with E-state index in [1.54, 1.807) is 19.9 Å². The van der Waals surface area contributed by atoms with Gasteiger partial charge in [-0.3, -0.25) is 0 Å². The van der Waals surface area contributed by atoms with Crippen LogP contribution in [0.25, 0.3) is 0 Å². The summed E-state index contributed by atoms with van der Waals surface area (Å²) >= 11 is 0. The molecule has 1 fully saturated rings. The van der Waals surface area contributed by atoms with Gasteiger partial charge in [-0.25, -0.2) is 4.79 Å². The first-order valence-electron chi connectivity index (χ1n) is 4.21. The third-order valence-corrected chi connectivity index (χ3v) is 1.82. The first-order valence-corrected chi connectivity index (χ1v) is 4.21. The Kier molecular flexibility index (Phi) is 2.61. The van der Waals surface area contributed by atoms with E-state index in [1.807, 2.05) is 0 Å². The molecule has 0 bridgehead atoms. The summed E-state index contributed by atoms with van der Waals surface area (Å²) in [6.45, 7) is 3.50. The van der Waals surface area contributed by atoms with E-state index >= 15 is 0 Å². The topological polar surface area (TPSA) is 26.3 Å². The lowest BCUT2D eigenvalue weighted by molar-refractivity contribution is -0.204. The predicted molar refractivity (Wildman–Crippen MR) is 43.5 cm³/mol. The van der Waals surface area contributed by atoms with Crippen LogP contribution < -0.4 is 0 Å². The highest BCUT2D eigenvalue weighted by Crippen LogP contribution is 2.43. The summed E-state index contributed by atoms with van der Waals surface area (Å²) in [4.78, 5) is 10.5. The maximum absolute atomic E-state index is 11.8. The van der Waals surface area contributed by atoms with Crippen LogP contribution >= 0.6 is 0 Å². The van der Waals surface area contributed by atoms with E-state index in [0.717, 1.165) is 5.57 Å². The largest absolute Gasteiger partial charge is 0.490 e. The summed E-state index contributed by atoms with van der Waals surface area (Å²) in [6, 6.07) is 0. The zero-order chi connectivity index (χ0) is 11.0. The molecule has 0 N–H and O–H groups in total. The van der Waals surface area contributed by atoms with Gasteiger partial charge in [-0.05, 0) is 32.8 Å². The first-order chi connectivity index (χ1) is 6.25. The average Bonchev–Trinajstić information content (AvgIpc) is 2.64. The molecule has 0 aromatic heterocycles. The van der Waals surface area contributed by atoms with E-state index in [-0.39, 0.29) is 0 Å². The average molecular weight is 208 g/mol. The molecule has 1 aliphatic rings. The van der Waals surface area contributed by atoms with Crippen molar-refractivity contribution in [1.82, 2.24) is 0 Å². The van der Waals surface area contributed by atoms with Gasteiger partial charge < -0.3 is 4.74 Å². The van der Waals surface area contributed by atoms with Gasteiger partial charge in [-0.2, -0.15) is 13.2 Å². The van der Waals surface area contributed by atoms with Gasteiger partial charge in [0, 0.05) is 0 Å². The van der Waals surface area contributed by atoms with Crippen LogP contribution in [0.3, 0.4) is 0 Å². The molecule has 1 rings (SSSR count). The molecule has 14 heavy (non-hydrogen) atoms. The second kappa shape index (κ2) is 3.29. The van der Waals surface area contributed by atoms with Crippen LogP contribution in [-0.2, 0) is 9.53 Å². The molecule has 0 aromatic rings. The molecule has 0 saturated heterocycles. The first kappa shape index (κ1) is 11.1. The minimum Gasteiger partial charge on any atom is -0.448 e. The normalized spacial score (nSPS) is 18.6. The van der Waals surface area contributed by atoms with Crippen LogP contribution in [0.4, 0.5) is 13.2 Å². The van der Waals surface area contributed by atoms with Crippen molar-refractivity contribution < 1.29 is 22.7 Å². The number of carbonyl (C=O) groups excluding carboxylic acids is 1. The second-order valence-electron chi connectivity index (χ2n) is 3.67. The van der Waals surface area contributed by atoms with Crippen molar-refractivity contribution in [2.45, 2.75) is 38.5 Å². The van der Waals surface area contributed by atoms with Crippen molar-refractivity contribution in [3.8, 4) is 0 Å². The molecule has 0 atom stereocenters. The molecule has 0 spiro atoms. The number of allylic oxidation sites excluding steroid dienone is 1. The van der Waals surface area contributed by atoms with E-state index in [0.29, 0.717) is 12.8 Å². The highest BCUT2D eigenvalue weighted by atomic mass is 19.4. The monoisotopic (exact) mass is 208 g/mol. The number of hydrogen-bond acceptors (Lipinski definition) is 2. The Hall–Kier alpha value is -1.00. The van der Waals surface area contributed by atoms with Gasteiger partial charge in [-0.15, -0.1) is 0 Å². The van der Waals surface area contributed by atoms with Crippen molar-refractivity contribution in [1.29, 1.82) is 0 Å². The third kappa shape index (κ3) is 2.75. The fourth-order valence-corrected chi connectivity index (χ4v) is 1.17. The summed E-state index contributed by atoms with van der Waals surface area (Å²) in [5.74, 6) is -2.10. The zero-order valence-electron chi connectivity index (χ0n) is 7.94. The van der Waals surface area contributed by atoms with E-state index in [2.05, 4.69) is 4.74 Å². The Morgan fingerprint density at radius 2 is 1.86 bits per heavy atom. The molecule has 0 aliphatic heterocycles. The molecule has 0 heterocycles. The van der Waals surface area contributed by atoms with Crippen LogP contribution in [-0.4, -0.2) is 17.7 Å². The number of ether oxygens (including phenoxy) is 1. The fraction of sp³-hybridized carbons (Fsp3) is 0.667. The zero-order valence-corrected chi connectivity index (χ0v) is 7.94. The maximum atomic E-state index is 11.8. The molecule has 0 radical (unpaired) electrons. The van der Waals surface area contributed by atoms with Crippen LogP contribution in [0, 0.1) is 0 Å². The van der Waals surface area contributed by atoms with Crippen LogP contribution in [0.5, 0.6) is 0 Å². The molecule has 2 nitrogen and oxygen atoms in total. The molecule has 1 saturated carbocycles. The predicted octanol–water partition coefficient (Wildman–Crippen LogP) is 2.59. The Bertz CT molecular complexity index is 270. The number of rotatable bonds is 2. The smallest absolute Gasteiger partial charge is 0.448 e. The Labute approximate surface area is 79.7 Å². The summed E-state index contributed by atoms with van der Waals surface area (Å²) in [6.07, 6.45) is -2.39. The summed E-state index contributed by atoms with van der Waals surface area (Å²) in [7, 11) is 0. The Morgan fingerprint density at radius 1 is 1.36 bits per heavy atom. The van der Waals surface area contributed by atoms with Gasteiger partial charge in [0.2, 0.25) is 0 Å². The number of carbonyl (C=O) groups is 1. The second-order valence-corrected chi connectivity index (χ2v) is 3.67. The summed E-state index contributed by atoms with van der Waals surface area (Å²) in [5, 5.41) is 0. The quantitative estimate of drug-likeness (QED) is 0.515. The van der Waals surface area contributed by atoms with Crippen molar-refractivity contribution in [2.75, 3.05) is 0 Å². The molecule has 0 unspecified atom stereocenters. The number of halogens is 3. The molecule has 1 aliphatic carbocycles. The van der Waals surface area contributed by atoms with Gasteiger partial charge in [-0.1, -0.05) is 5.57 Å². The lowest BCUT2D eigenvalue weighted by Gasteiger charge is -2.14. The van der Waals surface area contributed by atoms with Crippen LogP contribution in [0.1, 0.15) is 26.7 Å². The van der Waals surface area contributed by atoms with Gasteiger partial charge in [0.25, 0.3) is 0 Å². The van der Waals surface area contributed by atoms with Gasteiger partial charge >= 0.3 is 12.1 Å². The summed E-state index contributed by atoms with van der Waals surface area (Å²) in [5.41, 5.74) is -0.136. The van der Waals surface area contributed by atoms with E-state index in [1.165, 1.54) is 0 Å². The molecule has 0 aromatic carbocycles. The SMILES string of the molecule is CC(C)=CC1(OC(=O)C(F)(F)F)CC1. The van der Waals surface area contributed by atoms with Crippen molar-refractivity contribution in [3.05, 3.63) is 11.6 Å². The molecular formula is C9H11F3O2. The van der Waals surface area contributed by atoms with Crippen LogP contribution in [0.2, 0.25) is 0 Å². The standard InChI is InChI=1S/C9H11F3O2/c1-6(2)5-8(3-4-8)14-7(13)9(10,11)12/h5H,3-4H2,1-2H3. The molecule has 5 heteroatoms. The highest BCUT2D eigenvalue weighted by molar-refractivity contribution is 5.76. The van der Waals surface area contributed by atoms with Gasteiger partial charge in [0.1, 0.15) is 5.60 Å². The number of alkyl halides is 3. The van der Waals surface area contributed by atoms with E-state index in [9.17, 15) is 18.0 Å². The fourth-order valence-electron chi connectivity index (χ4n) is 1.17. The minimum atomic E-state index is -4.90.